The number of carbonyl (C=O) groups is 1. The topological polar surface area (TPSA) is 58.2 Å². The number of amides is 1. The van der Waals surface area contributed by atoms with Gasteiger partial charge in [-0.25, -0.2) is 0 Å². The molecule has 0 radical (unpaired) electrons. The van der Waals surface area contributed by atoms with Crippen molar-refractivity contribution in [2.24, 2.45) is 0 Å². The fourth-order valence-corrected chi connectivity index (χ4v) is 4.26. The lowest BCUT2D eigenvalue weighted by Gasteiger charge is -2.47. The van der Waals surface area contributed by atoms with E-state index in [1.165, 1.54) is 0 Å². The SMILES string of the molecule is CCO[C@H]1CSC2(C1)CN(C(=O)c1ccn[nH]1)C2. The van der Waals surface area contributed by atoms with E-state index in [1.807, 2.05) is 23.6 Å². The molecule has 18 heavy (non-hydrogen) atoms. The van der Waals surface area contributed by atoms with Crippen molar-refractivity contribution in [1.82, 2.24) is 15.1 Å². The maximum atomic E-state index is 12.0. The Bertz CT molecular complexity index is 429. The number of carbonyl (C=O) groups excluding carboxylic acids is 1. The Morgan fingerprint density at radius 3 is 3.22 bits per heavy atom. The molecule has 3 heterocycles. The second kappa shape index (κ2) is 4.59. The van der Waals surface area contributed by atoms with E-state index in [0.29, 0.717) is 11.8 Å². The second-order valence-corrected chi connectivity index (χ2v) is 6.40. The van der Waals surface area contributed by atoms with E-state index in [0.717, 1.165) is 31.9 Å². The molecule has 0 unspecified atom stereocenters. The lowest BCUT2D eigenvalue weighted by Crippen LogP contribution is -2.60. The van der Waals surface area contributed by atoms with Crippen molar-refractivity contribution < 1.29 is 9.53 Å². The molecular weight excluding hydrogens is 250 g/mol. The van der Waals surface area contributed by atoms with Gasteiger partial charge in [-0.3, -0.25) is 9.89 Å². The Morgan fingerprint density at radius 2 is 2.56 bits per heavy atom. The largest absolute Gasteiger partial charge is 0.378 e. The first kappa shape index (κ1) is 12.0. The van der Waals surface area contributed by atoms with Crippen LogP contribution in [0.2, 0.25) is 0 Å². The lowest BCUT2D eigenvalue weighted by molar-refractivity contribution is 0.0355. The Morgan fingerprint density at radius 1 is 1.72 bits per heavy atom. The predicted molar refractivity (Wildman–Crippen MR) is 69.7 cm³/mol. The molecule has 3 rings (SSSR count). The average Bonchev–Trinajstić information content (AvgIpc) is 2.95. The smallest absolute Gasteiger partial charge is 0.271 e. The summed E-state index contributed by atoms with van der Waals surface area (Å²) in [6.07, 6.45) is 3.04. The predicted octanol–water partition coefficient (Wildman–Crippen LogP) is 1.15. The van der Waals surface area contributed by atoms with Gasteiger partial charge in [-0.1, -0.05) is 0 Å². The number of ether oxygens (including phenoxy) is 1. The number of nitrogens with one attached hydrogen (secondary N) is 1. The molecule has 2 saturated heterocycles. The van der Waals surface area contributed by atoms with Gasteiger partial charge in [0, 0.05) is 31.6 Å². The van der Waals surface area contributed by atoms with Crippen LogP contribution in [0.3, 0.4) is 0 Å². The van der Waals surface area contributed by atoms with E-state index >= 15 is 0 Å². The number of H-pyrrole nitrogens is 1. The lowest BCUT2D eigenvalue weighted by atomic mass is 9.92. The first-order valence-electron chi connectivity index (χ1n) is 6.27. The van der Waals surface area contributed by atoms with Crippen LogP contribution in [0.15, 0.2) is 12.3 Å². The molecular formula is C12H17N3O2S. The third-order valence-corrected chi connectivity index (χ3v) is 5.13. The van der Waals surface area contributed by atoms with Crippen molar-refractivity contribution in [3.63, 3.8) is 0 Å². The molecule has 1 aromatic heterocycles. The van der Waals surface area contributed by atoms with Crippen molar-refractivity contribution in [3.8, 4) is 0 Å². The van der Waals surface area contributed by atoms with E-state index in [-0.39, 0.29) is 10.7 Å². The zero-order valence-corrected chi connectivity index (χ0v) is 11.2. The summed E-state index contributed by atoms with van der Waals surface area (Å²) in [6.45, 7) is 4.47. The standard InChI is InChI=1S/C12H17N3O2S/c1-2-17-9-5-12(18-6-9)7-15(8-12)11(16)10-3-4-13-14-10/h3-4,9H,2,5-8H2,1H3,(H,13,14)/t9-/m1/s1. The number of likely N-dealkylation sites (tertiary alicyclic amines) is 1. The summed E-state index contributed by atoms with van der Waals surface area (Å²) in [5, 5.41) is 6.53. The minimum absolute atomic E-state index is 0.0542. The van der Waals surface area contributed by atoms with Gasteiger partial charge >= 0.3 is 0 Å². The highest BCUT2D eigenvalue weighted by molar-refractivity contribution is 8.01. The van der Waals surface area contributed by atoms with E-state index < -0.39 is 0 Å². The Balaban J connectivity index is 1.56. The highest BCUT2D eigenvalue weighted by atomic mass is 32.2. The number of nitrogens with zero attached hydrogens (tertiary/aromatic N) is 2. The highest BCUT2D eigenvalue weighted by Gasteiger charge is 2.51. The van der Waals surface area contributed by atoms with Crippen molar-refractivity contribution in [2.45, 2.75) is 24.2 Å². The Kier molecular flexibility index (Phi) is 3.07. The van der Waals surface area contributed by atoms with E-state index in [1.54, 1.807) is 12.3 Å². The third-order valence-electron chi connectivity index (χ3n) is 3.55. The number of aromatic amines is 1. The van der Waals surface area contributed by atoms with Crippen molar-refractivity contribution in [2.75, 3.05) is 25.4 Å². The zero-order chi connectivity index (χ0) is 12.6. The Hall–Kier alpha value is -1.01. The third kappa shape index (κ3) is 2.03. The van der Waals surface area contributed by atoms with Gasteiger partial charge in [-0.15, -0.1) is 11.8 Å². The van der Waals surface area contributed by atoms with Crippen LogP contribution in [0.4, 0.5) is 0 Å². The van der Waals surface area contributed by atoms with Crippen molar-refractivity contribution >= 4 is 17.7 Å². The molecule has 0 saturated carbocycles. The van der Waals surface area contributed by atoms with Crippen LogP contribution >= 0.6 is 11.8 Å². The zero-order valence-electron chi connectivity index (χ0n) is 10.4. The monoisotopic (exact) mass is 267 g/mol. The van der Waals surface area contributed by atoms with Crippen LogP contribution in [-0.4, -0.2) is 57.3 Å². The summed E-state index contributed by atoms with van der Waals surface area (Å²) in [5.74, 6) is 1.11. The Labute approximate surface area is 110 Å². The van der Waals surface area contributed by atoms with Crippen LogP contribution in [0, 0.1) is 0 Å². The number of thioether (sulfide) groups is 1. The molecule has 0 bridgehead atoms. The number of rotatable bonds is 3. The summed E-state index contributed by atoms with van der Waals surface area (Å²) in [5.41, 5.74) is 0.578. The maximum absolute atomic E-state index is 12.0. The molecule has 98 valence electrons. The number of hydrogen-bond acceptors (Lipinski definition) is 4. The molecule has 1 N–H and O–H groups in total. The summed E-state index contributed by atoms with van der Waals surface area (Å²) in [4.78, 5) is 13.9. The molecule has 2 aliphatic heterocycles. The van der Waals surface area contributed by atoms with Crippen LogP contribution in [0.1, 0.15) is 23.8 Å². The summed E-state index contributed by atoms with van der Waals surface area (Å²) in [7, 11) is 0. The average molecular weight is 267 g/mol. The van der Waals surface area contributed by atoms with Gasteiger partial charge in [-0.05, 0) is 19.4 Å². The fraction of sp³-hybridized carbons (Fsp3) is 0.667. The first-order valence-corrected chi connectivity index (χ1v) is 7.25. The van der Waals surface area contributed by atoms with Gasteiger partial charge in [0.1, 0.15) is 5.69 Å². The molecule has 1 amide bonds. The van der Waals surface area contributed by atoms with E-state index in [4.69, 9.17) is 4.74 Å². The minimum Gasteiger partial charge on any atom is -0.378 e. The molecule has 5 nitrogen and oxygen atoms in total. The van der Waals surface area contributed by atoms with Gasteiger partial charge in [0.2, 0.25) is 0 Å². The van der Waals surface area contributed by atoms with Crippen LogP contribution in [-0.2, 0) is 4.74 Å². The minimum atomic E-state index is 0.0542. The van der Waals surface area contributed by atoms with Crippen molar-refractivity contribution in [3.05, 3.63) is 18.0 Å². The molecule has 2 aliphatic rings. The molecule has 0 aliphatic carbocycles. The normalized spacial score (nSPS) is 25.4. The van der Waals surface area contributed by atoms with Crippen LogP contribution < -0.4 is 0 Å². The van der Waals surface area contributed by atoms with Gasteiger partial charge < -0.3 is 9.64 Å². The fourth-order valence-electron chi connectivity index (χ4n) is 2.70. The molecule has 1 aromatic rings. The van der Waals surface area contributed by atoms with Crippen LogP contribution in [0.5, 0.6) is 0 Å². The van der Waals surface area contributed by atoms with Crippen molar-refractivity contribution in [1.29, 1.82) is 0 Å². The second-order valence-electron chi connectivity index (χ2n) is 4.91. The molecule has 1 spiro atoms. The maximum Gasteiger partial charge on any atom is 0.271 e. The van der Waals surface area contributed by atoms with E-state index in [2.05, 4.69) is 10.2 Å². The van der Waals surface area contributed by atoms with Gasteiger partial charge in [-0.2, -0.15) is 5.10 Å². The van der Waals surface area contributed by atoms with Gasteiger partial charge in [0.05, 0.1) is 10.9 Å². The molecule has 0 aromatic carbocycles. The first-order chi connectivity index (χ1) is 8.72. The summed E-state index contributed by atoms with van der Waals surface area (Å²) >= 11 is 1.95. The number of hydrogen-bond donors (Lipinski definition) is 1. The van der Waals surface area contributed by atoms with Gasteiger partial charge in [0.15, 0.2) is 0 Å². The van der Waals surface area contributed by atoms with E-state index in [9.17, 15) is 4.79 Å². The quantitative estimate of drug-likeness (QED) is 0.892. The molecule has 1 atom stereocenters. The number of aromatic nitrogens is 2. The van der Waals surface area contributed by atoms with Crippen LogP contribution in [0.25, 0.3) is 0 Å². The summed E-state index contributed by atoms with van der Waals surface area (Å²) < 4.78 is 5.91. The molecule has 6 heteroatoms. The molecule has 2 fully saturated rings. The summed E-state index contributed by atoms with van der Waals surface area (Å²) in [6, 6.07) is 1.72. The van der Waals surface area contributed by atoms with Gasteiger partial charge in [0.25, 0.3) is 5.91 Å². The highest BCUT2D eigenvalue weighted by Crippen LogP contribution is 2.46.